The monoisotopic (exact) mass is 243 g/mol. The van der Waals surface area contributed by atoms with Crippen molar-refractivity contribution >= 4 is 5.82 Å². The third-order valence-electron chi connectivity index (χ3n) is 2.70. The van der Waals surface area contributed by atoms with Gasteiger partial charge >= 0.3 is 0 Å². The molecule has 90 valence electrons. The molecule has 0 aliphatic carbocycles. The fourth-order valence-electron chi connectivity index (χ4n) is 1.80. The first-order valence-corrected chi connectivity index (χ1v) is 5.40. The fraction of sp³-hybridized carbons (Fsp3) is 0.0833. The van der Waals surface area contributed by atoms with Gasteiger partial charge in [0.05, 0.1) is 12.9 Å². The van der Waals surface area contributed by atoms with Crippen LogP contribution >= 0.6 is 0 Å². The molecule has 2 aliphatic rings. The third kappa shape index (κ3) is 1.77. The lowest BCUT2D eigenvalue weighted by atomic mass is 10.2. The Morgan fingerprint density at radius 2 is 1.89 bits per heavy atom. The zero-order valence-corrected chi connectivity index (χ0v) is 9.42. The molecule has 5 nitrogen and oxygen atoms in total. The molecule has 0 saturated heterocycles. The topological polar surface area (TPSA) is 69.6 Å². The number of aromatic nitrogens is 4. The van der Waals surface area contributed by atoms with Crippen LogP contribution in [0.4, 0.5) is 10.2 Å². The van der Waals surface area contributed by atoms with Crippen LogP contribution in [0.25, 0.3) is 11.5 Å². The maximum absolute atomic E-state index is 12.8. The highest BCUT2D eigenvalue weighted by Gasteiger charge is 2.14. The normalized spacial score (nSPS) is 10.9. The number of nitrogens with zero attached hydrogens (tertiary/aromatic N) is 4. The van der Waals surface area contributed by atoms with Gasteiger partial charge in [-0.2, -0.15) is 0 Å². The first-order valence-electron chi connectivity index (χ1n) is 5.40. The minimum absolute atomic E-state index is 0.252. The van der Waals surface area contributed by atoms with Crippen LogP contribution in [0.15, 0.2) is 36.9 Å². The van der Waals surface area contributed by atoms with Crippen LogP contribution in [0.5, 0.6) is 0 Å². The van der Waals surface area contributed by atoms with Gasteiger partial charge in [-0.15, -0.1) is 0 Å². The number of benzene rings is 1. The van der Waals surface area contributed by atoms with E-state index in [2.05, 4.69) is 15.0 Å². The quantitative estimate of drug-likeness (QED) is 0.741. The number of hydrogen-bond donors (Lipinski definition) is 1. The second-order valence-corrected chi connectivity index (χ2v) is 3.93. The molecule has 0 atom stereocenters. The minimum Gasteiger partial charge on any atom is -0.382 e. The molecule has 0 radical (unpaired) electrons. The lowest BCUT2D eigenvalue weighted by Gasteiger charge is -2.11. The van der Waals surface area contributed by atoms with Gasteiger partial charge in [0.2, 0.25) is 0 Å². The van der Waals surface area contributed by atoms with E-state index < -0.39 is 0 Å². The summed E-state index contributed by atoms with van der Waals surface area (Å²) in [5.74, 6) is 0.780. The average Bonchev–Trinajstić information content (AvgIpc) is 2.86. The molecule has 2 aliphatic heterocycles. The van der Waals surface area contributed by atoms with Crippen molar-refractivity contribution in [3.8, 4) is 11.5 Å². The van der Waals surface area contributed by atoms with Crippen molar-refractivity contribution in [3.63, 3.8) is 0 Å². The largest absolute Gasteiger partial charge is 0.382 e. The summed E-state index contributed by atoms with van der Waals surface area (Å²) in [6, 6.07) is 6.30. The van der Waals surface area contributed by atoms with Crippen molar-refractivity contribution < 1.29 is 4.39 Å². The Hall–Kier alpha value is -2.50. The van der Waals surface area contributed by atoms with Gasteiger partial charge in [-0.1, -0.05) is 12.1 Å². The molecule has 18 heavy (non-hydrogen) atoms. The van der Waals surface area contributed by atoms with Gasteiger partial charge in [-0.3, -0.25) is 0 Å². The number of nitrogens with two attached hydrogens (primary N) is 1. The van der Waals surface area contributed by atoms with Gasteiger partial charge in [0.25, 0.3) is 0 Å². The summed E-state index contributed by atoms with van der Waals surface area (Å²) in [7, 11) is 0. The predicted molar refractivity (Wildman–Crippen MR) is 64.4 cm³/mol. The minimum atomic E-state index is -0.252. The molecule has 0 amide bonds. The standard InChI is InChI=1S/C12H10FN5/c13-9-3-1-8(2-4-9)5-18-7-17-11(14)10-12(18)16-6-15-10/h1-4,6-7H,5,14H2. The molecule has 0 fully saturated rings. The van der Waals surface area contributed by atoms with Gasteiger partial charge in [-0.05, 0) is 17.7 Å². The van der Waals surface area contributed by atoms with E-state index in [1.807, 2.05) is 4.57 Å². The third-order valence-corrected chi connectivity index (χ3v) is 2.70. The molecule has 0 saturated carbocycles. The highest BCUT2D eigenvalue weighted by atomic mass is 19.1. The molecule has 0 bridgehead atoms. The van der Waals surface area contributed by atoms with E-state index in [9.17, 15) is 4.39 Å². The zero-order chi connectivity index (χ0) is 12.5. The Labute approximate surface area is 102 Å². The van der Waals surface area contributed by atoms with E-state index in [0.29, 0.717) is 23.9 Å². The Bertz CT molecular complexity index is 646. The van der Waals surface area contributed by atoms with E-state index in [-0.39, 0.29) is 5.82 Å². The van der Waals surface area contributed by atoms with Crippen LogP contribution in [0.2, 0.25) is 0 Å². The molecule has 2 N–H and O–H groups in total. The smallest absolute Gasteiger partial charge is 0.165 e. The number of anilines is 1. The van der Waals surface area contributed by atoms with Crippen LogP contribution in [-0.2, 0) is 6.54 Å². The molecule has 6 heteroatoms. The summed E-state index contributed by atoms with van der Waals surface area (Å²) in [5, 5.41) is 0. The number of imidazole rings is 1. The van der Waals surface area contributed by atoms with Crippen molar-refractivity contribution in [2.24, 2.45) is 0 Å². The summed E-state index contributed by atoms with van der Waals surface area (Å²) >= 11 is 0. The molecule has 2 heterocycles. The predicted octanol–water partition coefficient (Wildman–Crippen LogP) is 1.55. The summed E-state index contributed by atoms with van der Waals surface area (Å²) in [4.78, 5) is 12.3. The summed E-state index contributed by atoms with van der Waals surface area (Å²) in [6.45, 7) is 0.544. The van der Waals surface area contributed by atoms with Gasteiger partial charge in [0.15, 0.2) is 11.6 Å². The Morgan fingerprint density at radius 1 is 1.11 bits per heavy atom. The van der Waals surface area contributed by atoms with Crippen molar-refractivity contribution in [1.82, 2.24) is 19.5 Å². The van der Waals surface area contributed by atoms with E-state index in [4.69, 9.17) is 5.73 Å². The highest BCUT2D eigenvalue weighted by Crippen LogP contribution is 2.22. The number of rotatable bonds is 2. The van der Waals surface area contributed by atoms with Gasteiger partial charge in [0, 0.05) is 0 Å². The number of fused-ring (bicyclic) bond motifs is 1. The van der Waals surface area contributed by atoms with Crippen LogP contribution in [-0.4, -0.2) is 19.5 Å². The maximum Gasteiger partial charge on any atom is 0.165 e. The summed E-state index contributed by atoms with van der Waals surface area (Å²) in [5.41, 5.74) is 7.25. The lowest BCUT2D eigenvalue weighted by molar-refractivity contribution is 0.626. The van der Waals surface area contributed by atoms with E-state index in [0.717, 1.165) is 5.56 Å². The summed E-state index contributed by atoms with van der Waals surface area (Å²) < 4.78 is 14.6. The van der Waals surface area contributed by atoms with E-state index >= 15 is 0 Å². The molecule has 1 aromatic carbocycles. The molecular weight excluding hydrogens is 233 g/mol. The SMILES string of the molecule is Nc1ncn(Cc2ccc(F)cc2)c2ncnc1-2. The average molecular weight is 243 g/mol. The van der Waals surface area contributed by atoms with Crippen LogP contribution in [0, 0.1) is 5.82 Å². The molecule has 1 aromatic rings. The van der Waals surface area contributed by atoms with Crippen molar-refractivity contribution in [1.29, 1.82) is 0 Å². The Balaban J connectivity index is 1.98. The van der Waals surface area contributed by atoms with Crippen LogP contribution in [0.1, 0.15) is 5.56 Å². The fourth-order valence-corrected chi connectivity index (χ4v) is 1.80. The second-order valence-electron chi connectivity index (χ2n) is 3.93. The number of hydrogen-bond acceptors (Lipinski definition) is 4. The molecule has 3 rings (SSSR count). The van der Waals surface area contributed by atoms with E-state index in [1.165, 1.54) is 18.5 Å². The second kappa shape index (κ2) is 4.06. The molecular formula is C12H10FN5. The number of halogens is 1. The highest BCUT2D eigenvalue weighted by molar-refractivity contribution is 5.64. The van der Waals surface area contributed by atoms with Crippen LogP contribution < -0.4 is 5.73 Å². The molecule has 0 aromatic heterocycles. The van der Waals surface area contributed by atoms with Gasteiger partial charge in [-0.25, -0.2) is 19.3 Å². The lowest BCUT2D eigenvalue weighted by Crippen LogP contribution is -2.09. The zero-order valence-electron chi connectivity index (χ0n) is 9.42. The van der Waals surface area contributed by atoms with Gasteiger partial charge in [0.1, 0.15) is 17.8 Å². The van der Waals surface area contributed by atoms with Gasteiger partial charge < -0.3 is 10.3 Å². The first kappa shape index (κ1) is 10.6. The Kier molecular flexibility index (Phi) is 2.40. The van der Waals surface area contributed by atoms with Crippen molar-refractivity contribution in [2.75, 3.05) is 5.73 Å². The Morgan fingerprint density at radius 3 is 2.67 bits per heavy atom. The maximum atomic E-state index is 12.8. The first-order chi connectivity index (χ1) is 8.74. The number of nitrogen functional groups attached to an aromatic ring is 1. The molecule has 0 spiro atoms. The van der Waals surface area contributed by atoms with Crippen molar-refractivity contribution in [3.05, 3.63) is 48.3 Å². The molecule has 0 unspecified atom stereocenters. The summed E-state index contributed by atoms with van der Waals surface area (Å²) in [6.07, 6.45) is 3.06. The van der Waals surface area contributed by atoms with Crippen LogP contribution in [0.3, 0.4) is 0 Å². The van der Waals surface area contributed by atoms with Crippen molar-refractivity contribution in [2.45, 2.75) is 6.54 Å². The van der Waals surface area contributed by atoms with E-state index in [1.54, 1.807) is 18.5 Å².